The Balaban J connectivity index is 2.21. The molecule has 1 amide bonds. The quantitative estimate of drug-likeness (QED) is 0.738. The zero-order valence-corrected chi connectivity index (χ0v) is 15.5. The molecule has 1 atom stereocenters. The van der Waals surface area contributed by atoms with E-state index in [0.29, 0.717) is 0 Å². The van der Waals surface area contributed by atoms with Crippen molar-refractivity contribution in [2.75, 3.05) is 23.8 Å². The molecule has 0 aromatic heterocycles. The Bertz CT molecular complexity index is 500. The lowest BCUT2D eigenvalue weighted by atomic mass is 10.1. The second-order valence-corrected chi connectivity index (χ2v) is 11.3. The summed E-state index contributed by atoms with van der Waals surface area (Å²) in [7, 11) is -1.12. The third kappa shape index (κ3) is 3.54. The maximum atomic E-state index is 13.0. The molecule has 0 bridgehead atoms. The summed E-state index contributed by atoms with van der Waals surface area (Å²) in [6, 6.07) is 6.21. The molecule has 0 spiro atoms. The van der Waals surface area contributed by atoms with Crippen molar-refractivity contribution >= 4 is 18.9 Å². The van der Waals surface area contributed by atoms with Crippen molar-refractivity contribution in [3.63, 3.8) is 0 Å². The number of aryl methyl sites for hydroxylation is 2. The molecule has 0 radical (unpaired) electrons. The molecular weight excluding hydrogens is 289 g/mol. The lowest BCUT2D eigenvalue weighted by Gasteiger charge is -2.35. The summed E-state index contributed by atoms with van der Waals surface area (Å²) in [5, 5.41) is 3.27. The average Bonchev–Trinajstić information content (AvgIpc) is 2.52. The molecule has 2 rings (SSSR count). The summed E-state index contributed by atoms with van der Waals surface area (Å²) in [5.41, 5.74) is 3.60. The Hall–Kier alpha value is -0.880. The van der Waals surface area contributed by atoms with Gasteiger partial charge in [0.2, 0.25) is 0 Å². The Labute approximate surface area is 136 Å². The van der Waals surface area contributed by atoms with E-state index in [1.54, 1.807) is 0 Å². The van der Waals surface area contributed by atoms with Crippen molar-refractivity contribution in [3.8, 4) is 0 Å². The molecule has 1 unspecified atom stereocenters. The minimum Gasteiger partial charge on any atom is -0.322 e. The molecule has 1 fully saturated rings. The van der Waals surface area contributed by atoms with Gasteiger partial charge in [-0.1, -0.05) is 25.1 Å². The van der Waals surface area contributed by atoms with Crippen LogP contribution in [0.5, 0.6) is 0 Å². The first kappa shape index (κ1) is 17.5. The largest absolute Gasteiger partial charge is 0.322 e. The molecule has 22 heavy (non-hydrogen) atoms. The molecule has 1 aromatic carbocycles. The number of hydrogen-bond donors (Lipinski definition) is 1. The number of hydrogen-bond acceptors (Lipinski definition) is 1. The molecule has 0 saturated carbocycles. The SMILES string of the molecule is CCC(C(=O)Nc1c(C)cccc1C)[P+]1(CC)CCCCC1. The summed E-state index contributed by atoms with van der Waals surface area (Å²) in [4.78, 5) is 13.0. The van der Waals surface area contributed by atoms with Crippen LogP contribution in [0.3, 0.4) is 0 Å². The Morgan fingerprint density at radius 1 is 1.14 bits per heavy atom. The molecule has 2 nitrogen and oxygen atoms in total. The van der Waals surface area contributed by atoms with Crippen molar-refractivity contribution in [1.29, 1.82) is 0 Å². The molecular formula is C19H31NOP+. The fourth-order valence-corrected chi connectivity index (χ4v) is 8.99. The summed E-state index contributed by atoms with van der Waals surface area (Å²) in [6.45, 7) is 8.67. The van der Waals surface area contributed by atoms with Crippen LogP contribution in [0, 0.1) is 13.8 Å². The highest BCUT2D eigenvalue weighted by Crippen LogP contribution is 2.66. The van der Waals surface area contributed by atoms with Gasteiger partial charge in [0.1, 0.15) is 5.66 Å². The van der Waals surface area contributed by atoms with Crippen LogP contribution in [-0.4, -0.2) is 30.1 Å². The van der Waals surface area contributed by atoms with Crippen LogP contribution in [-0.2, 0) is 4.79 Å². The Morgan fingerprint density at radius 2 is 1.73 bits per heavy atom. The van der Waals surface area contributed by atoms with Crippen molar-refractivity contribution in [2.24, 2.45) is 0 Å². The molecule has 1 heterocycles. The van der Waals surface area contributed by atoms with E-state index in [-0.39, 0.29) is 11.6 Å². The minimum atomic E-state index is -1.12. The number of amides is 1. The van der Waals surface area contributed by atoms with E-state index in [1.165, 1.54) is 37.7 Å². The highest BCUT2D eigenvalue weighted by Gasteiger charge is 2.47. The Morgan fingerprint density at radius 3 is 2.23 bits per heavy atom. The number of carbonyl (C=O) groups is 1. The molecule has 1 aliphatic heterocycles. The summed E-state index contributed by atoms with van der Waals surface area (Å²) < 4.78 is 0. The highest BCUT2D eigenvalue weighted by molar-refractivity contribution is 7.77. The normalized spacial score (nSPS) is 18.7. The third-order valence-corrected chi connectivity index (χ3v) is 11.0. The van der Waals surface area contributed by atoms with Crippen LogP contribution in [0.1, 0.15) is 50.7 Å². The monoisotopic (exact) mass is 320 g/mol. The topological polar surface area (TPSA) is 29.1 Å². The summed E-state index contributed by atoms with van der Waals surface area (Å²) in [5.74, 6) is 0.275. The first-order valence-corrected chi connectivity index (χ1v) is 11.2. The van der Waals surface area contributed by atoms with Gasteiger partial charge in [-0.3, -0.25) is 4.79 Å². The predicted octanol–water partition coefficient (Wildman–Crippen LogP) is 5.24. The van der Waals surface area contributed by atoms with E-state index in [2.05, 4.69) is 51.2 Å². The molecule has 1 aromatic rings. The van der Waals surface area contributed by atoms with E-state index >= 15 is 0 Å². The predicted molar refractivity (Wildman–Crippen MR) is 99.7 cm³/mol. The average molecular weight is 320 g/mol. The molecule has 1 saturated heterocycles. The smallest absolute Gasteiger partial charge is 0.265 e. The highest BCUT2D eigenvalue weighted by atomic mass is 31.2. The number of benzene rings is 1. The number of rotatable bonds is 5. The van der Waals surface area contributed by atoms with E-state index < -0.39 is 7.26 Å². The van der Waals surface area contributed by atoms with Gasteiger partial charge in [0.15, 0.2) is 0 Å². The second kappa shape index (κ2) is 7.59. The van der Waals surface area contributed by atoms with Gasteiger partial charge >= 0.3 is 0 Å². The molecule has 1 aliphatic rings. The van der Waals surface area contributed by atoms with Crippen LogP contribution >= 0.6 is 7.26 Å². The number of anilines is 1. The van der Waals surface area contributed by atoms with E-state index in [1.807, 2.05) is 0 Å². The maximum Gasteiger partial charge on any atom is 0.265 e. The first-order valence-electron chi connectivity index (χ1n) is 8.77. The number of nitrogens with one attached hydrogen (secondary N) is 1. The molecule has 3 heteroatoms. The van der Waals surface area contributed by atoms with Crippen LogP contribution in [0.2, 0.25) is 0 Å². The van der Waals surface area contributed by atoms with Crippen LogP contribution < -0.4 is 5.32 Å². The third-order valence-electron chi connectivity index (χ3n) is 5.42. The van der Waals surface area contributed by atoms with Crippen LogP contribution in [0.25, 0.3) is 0 Å². The van der Waals surface area contributed by atoms with Crippen molar-refractivity contribution in [3.05, 3.63) is 29.3 Å². The fourth-order valence-electron chi connectivity index (χ4n) is 4.03. The minimum absolute atomic E-state index is 0.247. The van der Waals surface area contributed by atoms with E-state index in [4.69, 9.17) is 0 Å². The number of carbonyl (C=O) groups excluding carboxylic acids is 1. The molecule has 1 N–H and O–H groups in total. The van der Waals surface area contributed by atoms with Gasteiger partial charge in [-0.2, -0.15) is 0 Å². The van der Waals surface area contributed by atoms with E-state index in [9.17, 15) is 4.79 Å². The van der Waals surface area contributed by atoms with Gasteiger partial charge in [-0.25, -0.2) is 0 Å². The van der Waals surface area contributed by atoms with Gasteiger partial charge in [-0.05, 0) is 57.6 Å². The standard InChI is InChI=1S/C19H30NOP/c1-5-17(22(6-2)13-8-7-9-14-22)19(21)20-18-15(3)11-10-12-16(18)4/h10-12,17H,5-9,13-14H2,1-4H3/p+1. The zero-order valence-electron chi connectivity index (χ0n) is 14.6. The summed E-state index contributed by atoms with van der Waals surface area (Å²) >= 11 is 0. The molecule has 122 valence electrons. The van der Waals surface area contributed by atoms with Gasteiger partial charge in [0, 0.05) is 12.9 Å². The van der Waals surface area contributed by atoms with Crippen molar-refractivity contribution in [2.45, 2.75) is 59.0 Å². The lowest BCUT2D eigenvalue weighted by Crippen LogP contribution is -2.34. The lowest BCUT2D eigenvalue weighted by molar-refractivity contribution is -0.115. The van der Waals surface area contributed by atoms with Crippen molar-refractivity contribution in [1.82, 2.24) is 0 Å². The van der Waals surface area contributed by atoms with Crippen LogP contribution in [0.4, 0.5) is 5.69 Å². The first-order chi connectivity index (χ1) is 10.5. The number of para-hydroxylation sites is 1. The summed E-state index contributed by atoms with van der Waals surface area (Å²) in [6.07, 6.45) is 8.87. The Kier molecular flexibility index (Phi) is 6.03. The maximum absolute atomic E-state index is 13.0. The zero-order chi connectivity index (χ0) is 16.2. The second-order valence-electron chi connectivity index (χ2n) is 6.72. The van der Waals surface area contributed by atoms with Gasteiger partial charge in [-0.15, -0.1) is 0 Å². The van der Waals surface area contributed by atoms with Gasteiger partial charge in [0.05, 0.1) is 18.5 Å². The van der Waals surface area contributed by atoms with Crippen molar-refractivity contribution < 1.29 is 4.79 Å². The van der Waals surface area contributed by atoms with Gasteiger partial charge < -0.3 is 5.32 Å². The van der Waals surface area contributed by atoms with Gasteiger partial charge in [0.25, 0.3) is 5.91 Å². The van der Waals surface area contributed by atoms with Crippen LogP contribution in [0.15, 0.2) is 18.2 Å². The van der Waals surface area contributed by atoms with E-state index in [0.717, 1.165) is 23.2 Å². The fraction of sp³-hybridized carbons (Fsp3) is 0.632. The molecule has 0 aliphatic carbocycles.